The highest BCUT2D eigenvalue weighted by atomic mass is 127. The van der Waals surface area contributed by atoms with Gasteiger partial charge in [0.2, 0.25) is 0 Å². The van der Waals surface area contributed by atoms with E-state index in [2.05, 4.69) is 51.4 Å². The van der Waals surface area contributed by atoms with Crippen LogP contribution in [0.3, 0.4) is 0 Å². The molecular formula is C24H36IN5OS. The predicted molar refractivity (Wildman–Crippen MR) is 145 cm³/mol. The zero-order valence-electron chi connectivity index (χ0n) is 19.1. The first kappa shape index (κ1) is 26.6. The van der Waals surface area contributed by atoms with Crippen molar-refractivity contribution >= 4 is 47.2 Å². The van der Waals surface area contributed by atoms with Crippen molar-refractivity contribution in [1.82, 2.24) is 20.9 Å². The maximum atomic E-state index is 11.8. The number of carbonyl (C=O) groups is 1. The van der Waals surface area contributed by atoms with Crippen LogP contribution in [-0.2, 0) is 13.0 Å². The van der Waals surface area contributed by atoms with E-state index in [9.17, 15) is 4.79 Å². The van der Waals surface area contributed by atoms with Gasteiger partial charge in [0.15, 0.2) is 5.96 Å². The van der Waals surface area contributed by atoms with Gasteiger partial charge >= 0.3 is 0 Å². The molecule has 1 saturated heterocycles. The van der Waals surface area contributed by atoms with Gasteiger partial charge < -0.3 is 16.0 Å². The molecule has 32 heavy (non-hydrogen) atoms. The zero-order valence-corrected chi connectivity index (χ0v) is 22.2. The standard InChI is InChI=1S/C24H35N5OS.HI/c1-3-26-24(27-12-9-19-6-4-7-21(16-19)23(30)25-2)28-17-20-10-13-29(14-11-20)18-22-8-5-15-31-22;/h4-8,15-16,20H,3,9-14,17-18H2,1-2H3,(H,25,30)(H2,26,27,28);1H. The highest BCUT2D eigenvalue weighted by Crippen LogP contribution is 2.20. The number of guanidine groups is 1. The molecule has 1 fully saturated rings. The van der Waals surface area contributed by atoms with E-state index in [1.807, 2.05) is 29.5 Å². The van der Waals surface area contributed by atoms with Crippen LogP contribution in [0.5, 0.6) is 0 Å². The molecule has 1 amide bonds. The first-order valence-electron chi connectivity index (χ1n) is 11.3. The summed E-state index contributed by atoms with van der Waals surface area (Å²) in [4.78, 5) is 20.7. The third kappa shape index (κ3) is 8.71. The Morgan fingerprint density at radius 2 is 2.00 bits per heavy atom. The number of hydrogen-bond acceptors (Lipinski definition) is 4. The maximum absolute atomic E-state index is 11.8. The van der Waals surface area contributed by atoms with Crippen LogP contribution >= 0.6 is 35.3 Å². The summed E-state index contributed by atoms with van der Waals surface area (Å²) in [5.41, 5.74) is 1.84. The molecule has 0 spiro atoms. The van der Waals surface area contributed by atoms with Crippen LogP contribution in [0.25, 0.3) is 0 Å². The molecule has 0 saturated carbocycles. The minimum absolute atomic E-state index is 0. The molecule has 0 radical (unpaired) electrons. The number of piperidine rings is 1. The van der Waals surface area contributed by atoms with E-state index in [4.69, 9.17) is 4.99 Å². The summed E-state index contributed by atoms with van der Waals surface area (Å²) >= 11 is 1.85. The van der Waals surface area contributed by atoms with Crippen LogP contribution < -0.4 is 16.0 Å². The Hall–Kier alpha value is -1.65. The van der Waals surface area contributed by atoms with Gasteiger partial charge in [0.05, 0.1) is 0 Å². The molecule has 1 aliphatic heterocycles. The average molecular weight is 570 g/mol. The van der Waals surface area contributed by atoms with Crippen LogP contribution in [0.2, 0.25) is 0 Å². The van der Waals surface area contributed by atoms with E-state index in [1.165, 1.54) is 17.7 Å². The Labute approximate surface area is 213 Å². The van der Waals surface area contributed by atoms with Crippen molar-refractivity contribution in [3.8, 4) is 0 Å². The monoisotopic (exact) mass is 569 g/mol. The van der Waals surface area contributed by atoms with E-state index in [0.29, 0.717) is 11.5 Å². The largest absolute Gasteiger partial charge is 0.357 e. The van der Waals surface area contributed by atoms with E-state index in [0.717, 1.165) is 57.2 Å². The van der Waals surface area contributed by atoms with E-state index >= 15 is 0 Å². The minimum atomic E-state index is -0.0499. The van der Waals surface area contributed by atoms with Gasteiger partial charge in [-0.15, -0.1) is 35.3 Å². The van der Waals surface area contributed by atoms with Crippen molar-refractivity contribution in [3.05, 3.63) is 57.8 Å². The van der Waals surface area contributed by atoms with Gasteiger partial charge in [-0.2, -0.15) is 0 Å². The molecule has 2 aromatic rings. The molecule has 176 valence electrons. The number of rotatable bonds is 9. The fourth-order valence-corrected chi connectivity index (χ4v) is 4.60. The number of aliphatic imine (C=N–C) groups is 1. The number of carbonyl (C=O) groups excluding carboxylic acids is 1. The number of nitrogens with one attached hydrogen (secondary N) is 3. The van der Waals surface area contributed by atoms with Crippen molar-refractivity contribution in [2.24, 2.45) is 10.9 Å². The summed E-state index contributed by atoms with van der Waals surface area (Å²) in [6, 6.07) is 12.1. The fourth-order valence-electron chi connectivity index (χ4n) is 3.85. The van der Waals surface area contributed by atoms with Gasteiger partial charge in [-0.1, -0.05) is 18.2 Å². The van der Waals surface area contributed by atoms with Gasteiger partial charge in [0.1, 0.15) is 0 Å². The number of nitrogens with zero attached hydrogens (tertiary/aromatic N) is 2. The number of hydrogen-bond donors (Lipinski definition) is 3. The quantitative estimate of drug-likeness (QED) is 0.245. The highest BCUT2D eigenvalue weighted by Gasteiger charge is 2.19. The second-order valence-electron chi connectivity index (χ2n) is 7.97. The van der Waals surface area contributed by atoms with E-state index < -0.39 is 0 Å². The molecule has 0 atom stereocenters. The summed E-state index contributed by atoms with van der Waals surface area (Å²) in [7, 11) is 1.66. The number of amides is 1. The fraction of sp³-hybridized carbons (Fsp3) is 0.500. The van der Waals surface area contributed by atoms with Gasteiger partial charge in [-0.25, -0.2) is 0 Å². The molecule has 2 heterocycles. The molecule has 3 rings (SSSR count). The summed E-state index contributed by atoms with van der Waals surface area (Å²) < 4.78 is 0. The normalized spacial score (nSPS) is 15.1. The molecular weight excluding hydrogens is 533 g/mol. The zero-order chi connectivity index (χ0) is 21.9. The second kappa shape index (κ2) is 14.5. The molecule has 3 N–H and O–H groups in total. The number of halogens is 1. The molecule has 0 bridgehead atoms. The van der Waals surface area contributed by atoms with Crippen LogP contribution in [0.15, 0.2) is 46.8 Å². The van der Waals surface area contributed by atoms with Gasteiger partial charge in [-0.05, 0) is 74.3 Å². The van der Waals surface area contributed by atoms with Crippen molar-refractivity contribution in [1.29, 1.82) is 0 Å². The van der Waals surface area contributed by atoms with Gasteiger partial charge in [0, 0.05) is 43.7 Å². The first-order chi connectivity index (χ1) is 15.2. The molecule has 1 aromatic heterocycles. The topological polar surface area (TPSA) is 68.8 Å². The van der Waals surface area contributed by atoms with Gasteiger partial charge in [-0.3, -0.25) is 14.7 Å². The van der Waals surface area contributed by atoms with Crippen molar-refractivity contribution in [2.45, 2.75) is 32.7 Å². The van der Waals surface area contributed by atoms with E-state index in [1.54, 1.807) is 7.05 Å². The molecule has 8 heteroatoms. The number of likely N-dealkylation sites (tertiary alicyclic amines) is 1. The lowest BCUT2D eigenvalue weighted by Gasteiger charge is -2.31. The Bertz CT molecular complexity index is 835. The second-order valence-corrected chi connectivity index (χ2v) is 9.01. The van der Waals surface area contributed by atoms with Crippen LogP contribution in [0.4, 0.5) is 0 Å². The Morgan fingerprint density at radius 1 is 1.19 bits per heavy atom. The summed E-state index contributed by atoms with van der Waals surface area (Å²) in [6.07, 6.45) is 3.26. The average Bonchev–Trinajstić information content (AvgIpc) is 3.31. The number of thiophene rings is 1. The van der Waals surface area contributed by atoms with Crippen LogP contribution in [0.1, 0.15) is 40.6 Å². The van der Waals surface area contributed by atoms with Crippen LogP contribution in [0, 0.1) is 5.92 Å². The first-order valence-corrected chi connectivity index (χ1v) is 12.1. The number of benzene rings is 1. The van der Waals surface area contributed by atoms with Gasteiger partial charge in [0.25, 0.3) is 5.91 Å². The van der Waals surface area contributed by atoms with Crippen LogP contribution in [-0.4, -0.2) is 56.5 Å². The Kier molecular flexibility index (Phi) is 12.0. The lowest BCUT2D eigenvalue weighted by molar-refractivity contribution is 0.0963. The lowest BCUT2D eigenvalue weighted by Crippen LogP contribution is -2.39. The molecule has 1 aromatic carbocycles. The third-order valence-corrected chi connectivity index (χ3v) is 6.50. The van der Waals surface area contributed by atoms with Crippen molar-refractivity contribution < 1.29 is 4.79 Å². The van der Waals surface area contributed by atoms with Crippen molar-refractivity contribution in [3.63, 3.8) is 0 Å². The lowest BCUT2D eigenvalue weighted by atomic mass is 9.97. The predicted octanol–water partition coefficient (Wildman–Crippen LogP) is 3.74. The molecule has 1 aliphatic rings. The van der Waals surface area contributed by atoms with Crippen molar-refractivity contribution in [2.75, 3.05) is 39.8 Å². The Morgan fingerprint density at radius 3 is 2.69 bits per heavy atom. The Balaban J connectivity index is 0.00000363. The molecule has 0 aliphatic carbocycles. The third-order valence-electron chi connectivity index (χ3n) is 5.64. The molecule has 0 unspecified atom stereocenters. The van der Waals surface area contributed by atoms with E-state index in [-0.39, 0.29) is 29.9 Å². The summed E-state index contributed by atoms with van der Waals surface area (Å²) in [5.74, 6) is 1.48. The SMILES string of the molecule is CCNC(=NCC1CCN(Cc2cccs2)CC1)NCCc1cccc(C(=O)NC)c1.I. The minimum Gasteiger partial charge on any atom is -0.357 e. The summed E-state index contributed by atoms with van der Waals surface area (Å²) in [5, 5.41) is 11.6. The summed E-state index contributed by atoms with van der Waals surface area (Å²) in [6.45, 7) is 7.98. The molecule has 6 nitrogen and oxygen atoms in total. The smallest absolute Gasteiger partial charge is 0.251 e. The maximum Gasteiger partial charge on any atom is 0.251 e. The highest BCUT2D eigenvalue weighted by molar-refractivity contribution is 14.0.